The van der Waals surface area contributed by atoms with Crippen LogP contribution in [-0.2, 0) is 6.54 Å². The molecule has 0 saturated heterocycles. The molecule has 5 heteroatoms. The summed E-state index contributed by atoms with van der Waals surface area (Å²) in [5, 5.41) is 0.875. The zero-order valence-electron chi connectivity index (χ0n) is 21.9. The summed E-state index contributed by atoms with van der Waals surface area (Å²) in [6.45, 7) is 12.2. The van der Waals surface area contributed by atoms with Gasteiger partial charge in [-0.1, -0.05) is 56.8 Å². The first-order chi connectivity index (χ1) is 16.4. The second-order valence-electron chi connectivity index (χ2n) is 9.34. The smallest absolute Gasteiger partial charge is 0.297 e. The van der Waals surface area contributed by atoms with Crippen molar-refractivity contribution in [1.82, 2.24) is 4.57 Å². The lowest BCUT2D eigenvalue weighted by Crippen LogP contribution is -2.24. The molecule has 0 aliphatic carbocycles. The van der Waals surface area contributed by atoms with Crippen LogP contribution in [0.5, 0.6) is 11.5 Å². The second kappa shape index (κ2) is 14.5. The summed E-state index contributed by atoms with van der Waals surface area (Å²) >= 11 is 0. The lowest BCUT2D eigenvalue weighted by molar-refractivity contribution is 0.278. The Morgan fingerprint density at radius 3 is 2.44 bits per heavy atom. The molecule has 0 saturated carbocycles. The van der Waals surface area contributed by atoms with Gasteiger partial charge in [0.05, 0.1) is 12.1 Å². The van der Waals surface area contributed by atoms with E-state index in [-0.39, 0.29) is 5.56 Å². The van der Waals surface area contributed by atoms with Gasteiger partial charge in [-0.05, 0) is 70.7 Å². The number of aromatic nitrogens is 1. The minimum absolute atomic E-state index is 0.142. The number of hydrogen-bond acceptors (Lipinski definition) is 4. The maximum atomic E-state index is 13.6. The summed E-state index contributed by atoms with van der Waals surface area (Å²) in [6.07, 6.45) is 12.6. The van der Waals surface area contributed by atoms with Crippen molar-refractivity contribution in [2.45, 2.75) is 92.5 Å². The molecule has 0 unspecified atom stereocenters. The van der Waals surface area contributed by atoms with Crippen molar-refractivity contribution < 1.29 is 9.47 Å². The van der Waals surface area contributed by atoms with Crippen molar-refractivity contribution >= 4 is 16.6 Å². The van der Waals surface area contributed by atoms with Gasteiger partial charge in [0.25, 0.3) is 5.56 Å². The quantitative estimate of drug-likeness (QED) is 0.168. The van der Waals surface area contributed by atoms with Crippen LogP contribution in [0.1, 0.15) is 86.0 Å². The number of nitrogens with zero attached hydrogens (tertiary/aromatic N) is 1. The van der Waals surface area contributed by atoms with Crippen molar-refractivity contribution in [1.29, 1.82) is 0 Å². The first-order valence-corrected chi connectivity index (χ1v) is 12.9. The van der Waals surface area contributed by atoms with Crippen molar-refractivity contribution in [3.05, 3.63) is 51.9 Å². The van der Waals surface area contributed by atoms with E-state index in [0.29, 0.717) is 36.9 Å². The van der Waals surface area contributed by atoms with Crippen molar-refractivity contribution in [2.24, 2.45) is 0 Å². The summed E-state index contributed by atoms with van der Waals surface area (Å²) in [4.78, 5) is 13.6. The molecule has 2 rings (SSSR count). The predicted molar refractivity (Wildman–Crippen MR) is 145 cm³/mol. The highest BCUT2D eigenvalue weighted by atomic mass is 16.5. The monoisotopic (exact) mass is 468 g/mol. The summed E-state index contributed by atoms with van der Waals surface area (Å²) < 4.78 is 14.1. The second-order valence-corrected chi connectivity index (χ2v) is 9.34. The highest BCUT2D eigenvalue weighted by Gasteiger charge is 2.20. The van der Waals surface area contributed by atoms with Crippen LogP contribution in [0.3, 0.4) is 0 Å². The third-order valence-electron chi connectivity index (χ3n) is 5.93. The van der Waals surface area contributed by atoms with Gasteiger partial charge in [-0.3, -0.25) is 4.79 Å². The van der Waals surface area contributed by atoms with Gasteiger partial charge < -0.3 is 19.8 Å². The van der Waals surface area contributed by atoms with Gasteiger partial charge >= 0.3 is 0 Å². The number of allylic oxidation sites excluding steroid dienone is 3. The van der Waals surface area contributed by atoms with Gasteiger partial charge in [-0.2, -0.15) is 0 Å². The van der Waals surface area contributed by atoms with E-state index in [1.54, 1.807) is 0 Å². The fraction of sp³-hybridized carbons (Fsp3) is 0.552. The lowest BCUT2D eigenvalue weighted by Gasteiger charge is -2.19. The van der Waals surface area contributed by atoms with Crippen molar-refractivity contribution in [3.63, 3.8) is 0 Å². The number of ether oxygens (including phenoxy) is 2. The molecule has 34 heavy (non-hydrogen) atoms. The first kappa shape index (κ1) is 27.6. The van der Waals surface area contributed by atoms with Crippen LogP contribution >= 0.6 is 0 Å². The Balaban J connectivity index is 2.41. The number of nitrogen functional groups attached to an aromatic ring is 1. The summed E-state index contributed by atoms with van der Waals surface area (Å²) in [5.74, 6) is 0.839. The molecule has 1 heterocycles. The Kier molecular flexibility index (Phi) is 11.8. The van der Waals surface area contributed by atoms with Crippen molar-refractivity contribution in [2.75, 3.05) is 18.9 Å². The molecule has 0 bridgehead atoms. The zero-order valence-corrected chi connectivity index (χ0v) is 21.9. The Hall–Kier alpha value is -2.69. The fourth-order valence-electron chi connectivity index (χ4n) is 3.88. The van der Waals surface area contributed by atoms with Crippen LogP contribution in [-0.4, -0.2) is 17.8 Å². The van der Waals surface area contributed by atoms with Gasteiger partial charge in [0.15, 0.2) is 5.75 Å². The first-order valence-electron chi connectivity index (χ1n) is 12.9. The van der Waals surface area contributed by atoms with E-state index in [1.807, 2.05) is 22.8 Å². The summed E-state index contributed by atoms with van der Waals surface area (Å²) in [5.41, 5.74) is 9.99. The number of aryl methyl sites for hydroxylation is 1. The van der Waals surface area contributed by atoms with Crippen LogP contribution in [0, 0.1) is 0 Å². The van der Waals surface area contributed by atoms with E-state index >= 15 is 0 Å². The molecule has 0 aliphatic rings. The van der Waals surface area contributed by atoms with Gasteiger partial charge in [0.1, 0.15) is 6.61 Å². The molecular formula is C29H44N2O3. The fourth-order valence-corrected chi connectivity index (χ4v) is 3.88. The molecule has 5 nitrogen and oxygen atoms in total. The van der Waals surface area contributed by atoms with E-state index in [1.165, 1.54) is 11.1 Å². The van der Waals surface area contributed by atoms with Gasteiger partial charge in [0, 0.05) is 17.6 Å². The molecule has 2 aromatic rings. The normalized spacial score (nSPS) is 11.6. The summed E-state index contributed by atoms with van der Waals surface area (Å²) in [7, 11) is 0. The van der Waals surface area contributed by atoms with Crippen LogP contribution in [0.4, 0.5) is 5.69 Å². The number of anilines is 1. The summed E-state index contributed by atoms with van der Waals surface area (Å²) in [6, 6.07) is 5.68. The average Bonchev–Trinajstić information content (AvgIpc) is 2.79. The molecule has 0 spiro atoms. The molecule has 0 amide bonds. The number of rotatable bonds is 15. The Labute approximate surface area is 205 Å². The Morgan fingerprint density at radius 2 is 1.74 bits per heavy atom. The highest BCUT2D eigenvalue weighted by molar-refractivity contribution is 5.90. The highest BCUT2D eigenvalue weighted by Crippen LogP contribution is 2.34. The lowest BCUT2D eigenvalue weighted by atomic mass is 10.1. The molecule has 188 valence electrons. The molecular weight excluding hydrogens is 424 g/mol. The third kappa shape index (κ3) is 8.27. The minimum atomic E-state index is -0.142. The minimum Gasteiger partial charge on any atom is -0.489 e. The van der Waals surface area contributed by atoms with Crippen LogP contribution in [0.25, 0.3) is 10.9 Å². The van der Waals surface area contributed by atoms with E-state index < -0.39 is 0 Å². The topological polar surface area (TPSA) is 66.5 Å². The molecule has 2 N–H and O–H groups in total. The van der Waals surface area contributed by atoms with Crippen LogP contribution in [0.15, 0.2) is 46.3 Å². The molecule has 1 aromatic heterocycles. The van der Waals surface area contributed by atoms with Gasteiger partial charge in [-0.15, -0.1) is 0 Å². The number of fused-ring (bicyclic) bond motifs is 1. The maximum absolute atomic E-state index is 13.6. The average molecular weight is 469 g/mol. The van der Waals surface area contributed by atoms with E-state index in [2.05, 4.69) is 46.8 Å². The standard InChI is InChI=1S/C29H44N2O3/c1-6-8-10-11-18-31-26-21-24(30)15-16-25(26)27(33-19-9-7-2)28(29(31)32)34-20-17-23(5)14-12-13-22(3)4/h13,15-17,21H,6-12,14,18-20,30H2,1-5H3. The molecule has 0 fully saturated rings. The SMILES string of the molecule is CCCCCCn1c(=O)c(OCC=C(C)CCC=C(C)C)c(OCCCC)c2ccc(N)cc21. The number of hydrogen-bond donors (Lipinski definition) is 1. The zero-order chi connectivity index (χ0) is 24.9. The van der Waals surface area contributed by atoms with Gasteiger partial charge in [-0.25, -0.2) is 0 Å². The van der Waals surface area contributed by atoms with Crippen LogP contribution in [0.2, 0.25) is 0 Å². The van der Waals surface area contributed by atoms with Crippen LogP contribution < -0.4 is 20.8 Å². The van der Waals surface area contributed by atoms with Crippen molar-refractivity contribution in [3.8, 4) is 11.5 Å². The molecule has 0 aliphatic heterocycles. The number of benzene rings is 1. The Bertz CT molecular complexity index is 1030. The number of unbranched alkanes of at least 4 members (excludes halogenated alkanes) is 4. The van der Waals surface area contributed by atoms with Gasteiger partial charge in [0.2, 0.25) is 5.75 Å². The van der Waals surface area contributed by atoms with E-state index in [0.717, 1.165) is 62.3 Å². The Morgan fingerprint density at radius 1 is 0.971 bits per heavy atom. The largest absolute Gasteiger partial charge is 0.489 e. The number of pyridine rings is 1. The molecule has 0 atom stereocenters. The molecule has 0 radical (unpaired) electrons. The molecule has 1 aromatic carbocycles. The van der Waals surface area contributed by atoms with E-state index in [4.69, 9.17) is 15.2 Å². The third-order valence-corrected chi connectivity index (χ3v) is 5.93. The number of nitrogens with two attached hydrogens (primary N) is 1. The predicted octanol–water partition coefficient (Wildman–Crippen LogP) is 7.41. The maximum Gasteiger partial charge on any atom is 0.297 e. The van der Waals surface area contributed by atoms with E-state index in [9.17, 15) is 4.79 Å².